The minimum absolute atomic E-state index is 0.0895. The molecule has 140 valence electrons. The third kappa shape index (κ3) is 3.93. The third-order valence-electron chi connectivity index (χ3n) is 4.97. The Morgan fingerprint density at radius 3 is 2.70 bits per heavy atom. The second kappa shape index (κ2) is 7.75. The van der Waals surface area contributed by atoms with E-state index in [0.717, 1.165) is 49.5 Å². The number of hydrogen-bond donors (Lipinski definition) is 0. The second-order valence-corrected chi connectivity index (χ2v) is 6.74. The van der Waals surface area contributed by atoms with Crippen LogP contribution in [-0.2, 0) is 17.9 Å². The highest BCUT2D eigenvalue weighted by Crippen LogP contribution is 2.16. The van der Waals surface area contributed by atoms with Crippen LogP contribution in [0.3, 0.4) is 0 Å². The molecule has 0 radical (unpaired) electrons. The maximum atomic E-state index is 12.7. The van der Waals surface area contributed by atoms with E-state index in [0.29, 0.717) is 0 Å². The molecule has 1 amide bonds. The fourth-order valence-electron chi connectivity index (χ4n) is 3.45. The number of amides is 1. The van der Waals surface area contributed by atoms with E-state index in [4.69, 9.17) is 4.74 Å². The van der Waals surface area contributed by atoms with Gasteiger partial charge in [0.2, 0.25) is 5.91 Å². The topological polar surface area (TPSA) is 63.5 Å². The van der Waals surface area contributed by atoms with Crippen LogP contribution in [-0.4, -0.2) is 64.0 Å². The van der Waals surface area contributed by atoms with E-state index in [1.54, 1.807) is 11.8 Å². The number of piperazine rings is 1. The molecule has 0 unspecified atom stereocenters. The van der Waals surface area contributed by atoms with Crippen LogP contribution in [0.2, 0.25) is 0 Å². The van der Waals surface area contributed by atoms with E-state index in [1.807, 2.05) is 41.3 Å². The number of carbonyl (C=O) groups is 1. The van der Waals surface area contributed by atoms with Crippen LogP contribution in [0.5, 0.6) is 5.75 Å². The Labute approximate surface area is 158 Å². The van der Waals surface area contributed by atoms with Gasteiger partial charge in [-0.2, -0.15) is 0 Å². The summed E-state index contributed by atoms with van der Waals surface area (Å²) < 4.78 is 6.97. The lowest BCUT2D eigenvalue weighted by molar-refractivity contribution is -0.133. The van der Waals surface area contributed by atoms with Crippen molar-refractivity contribution in [2.45, 2.75) is 13.1 Å². The second-order valence-electron chi connectivity index (χ2n) is 6.74. The third-order valence-corrected chi connectivity index (χ3v) is 4.97. The first-order valence-electron chi connectivity index (χ1n) is 9.14. The molecule has 27 heavy (non-hydrogen) atoms. The predicted molar refractivity (Wildman–Crippen MR) is 102 cm³/mol. The lowest BCUT2D eigenvalue weighted by Gasteiger charge is -2.34. The van der Waals surface area contributed by atoms with Gasteiger partial charge in [-0.15, -0.1) is 5.10 Å². The minimum atomic E-state index is 0.0895. The van der Waals surface area contributed by atoms with E-state index in [1.165, 1.54) is 5.56 Å². The molecular weight excluding hydrogens is 342 g/mol. The molecule has 0 atom stereocenters. The number of carbonyl (C=O) groups excluding carboxylic acids is 1. The van der Waals surface area contributed by atoms with E-state index in [2.05, 4.69) is 27.3 Å². The van der Waals surface area contributed by atoms with Gasteiger partial charge in [-0.05, 0) is 29.8 Å². The summed E-state index contributed by atoms with van der Waals surface area (Å²) in [7, 11) is 1.68. The summed E-state index contributed by atoms with van der Waals surface area (Å²) >= 11 is 0. The molecule has 0 spiro atoms. The van der Waals surface area contributed by atoms with Crippen molar-refractivity contribution in [2.24, 2.45) is 0 Å². The lowest BCUT2D eigenvalue weighted by atomic mass is 10.2. The molecule has 2 heterocycles. The summed E-state index contributed by atoms with van der Waals surface area (Å²) in [4.78, 5) is 16.9. The fourth-order valence-corrected chi connectivity index (χ4v) is 3.45. The van der Waals surface area contributed by atoms with Gasteiger partial charge in [0, 0.05) is 32.7 Å². The van der Waals surface area contributed by atoms with Crippen molar-refractivity contribution >= 4 is 16.9 Å². The Morgan fingerprint density at radius 1 is 1.07 bits per heavy atom. The summed E-state index contributed by atoms with van der Waals surface area (Å²) in [6.07, 6.45) is 0. The number of aromatic nitrogens is 3. The maximum absolute atomic E-state index is 12.7. The van der Waals surface area contributed by atoms with Crippen molar-refractivity contribution in [3.63, 3.8) is 0 Å². The summed E-state index contributed by atoms with van der Waals surface area (Å²) in [5, 5.41) is 8.23. The average Bonchev–Trinajstić information content (AvgIpc) is 3.11. The molecule has 1 aliphatic heterocycles. The van der Waals surface area contributed by atoms with Gasteiger partial charge in [0.25, 0.3) is 0 Å². The Morgan fingerprint density at radius 2 is 1.89 bits per heavy atom. The number of para-hydroxylation sites is 1. The van der Waals surface area contributed by atoms with Gasteiger partial charge in [0.1, 0.15) is 17.8 Å². The van der Waals surface area contributed by atoms with Crippen molar-refractivity contribution in [3.05, 3.63) is 54.1 Å². The number of ether oxygens (including phenoxy) is 1. The van der Waals surface area contributed by atoms with Crippen molar-refractivity contribution in [1.29, 1.82) is 0 Å². The molecule has 2 aromatic carbocycles. The molecule has 1 saturated heterocycles. The number of nitrogens with zero attached hydrogens (tertiary/aromatic N) is 5. The first kappa shape index (κ1) is 17.5. The maximum Gasteiger partial charge on any atom is 0.244 e. The summed E-state index contributed by atoms with van der Waals surface area (Å²) in [5.41, 5.74) is 2.93. The number of rotatable bonds is 5. The van der Waals surface area contributed by atoms with Crippen LogP contribution < -0.4 is 4.74 Å². The first-order chi connectivity index (χ1) is 13.2. The molecule has 1 aromatic heterocycles. The van der Waals surface area contributed by atoms with Crippen molar-refractivity contribution in [2.75, 3.05) is 33.3 Å². The molecule has 7 nitrogen and oxygen atoms in total. The van der Waals surface area contributed by atoms with Gasteiger partial charge in [0.15, 0.2) is 0 Å². The van der Waals surface area contributed by atoms with Crippen LogP contribution in [0.25, 0.3) is 11.0 Å². The van der Waals surface area contributed by atoms with Gasteiger partial charge >= 0.3 is 0 Å². The summed E-state index contributed by atoms with van der Waals surface area (Å²) in [6.45, 7) is 4.29. The van der Waals surface area contributed by atoms with Gasteiger partial charge in [-0.25, -0.2) is 4.68 Å². The van der Waals surface area contributed by atoms with Crippen LogP contribution in [0, 0.1) is 0 Å². The van der Waals surface area contributed by atoms with E-state index >= 15 is 0 Å². The molecular formula is C20H23N5O2. The van der Waals surface area contributed by atoms with Gasteiger partial charge in [-0.1, -0.05) is 29.5 Å². The zero-order valence-corrected chi connectivity index (χ0v) is 15.4. The predicted octanol–water partition coefficient (Wildman–Crippen LogP) is 1.78. The molecule has 0 saturated carbocycles. The van der Waals surface area contributed by atoms with Crippen LogP contribution >= 0.6 is 0 Å². The Balaban J connectivity index is 1.32. The van der Waals surface area contributed by atoms with E-state index < -0.39 is 0 Å². The number of hydrogen-bond acceptors (Lipinski definition) is 5. The molecule has 1 aliphatic rings. The van der Waals surface area contributed by atoms with Gasteiger partial charge < -0.3 is 9.64 Å². The van der Waals surface area contributed by atoms with Crippen LogP contribution in [0.1, 0.15) is 5.56 Å². The van der Waals surface area contributed by atoms with Gasteiger partial charge in [0.05, 0.1) is 12.6 Å². The first-order valence-corrected chi connectivity index (χ1v) is 9.14. The fraction of sp³-hybridized carbons (Fsp3) is 0.350. The van der Waals surface area contributed by atoms with Crippen molar-refractivity contribution < 1.29 is 9.53 Å². The number of benzene rings is 2. The SMILES string of the molecule is COc1cccc(CN2CCN(C(=O)Cn3nnc4ccccc43)CC2)c1. The molecule has 0 N–H and O–H groups in total. The van der Waals surface area contributed by atoms with E-state index in [-0.39, 0.29) is 12.5 Å². The monoisotopic (exact) mass is 365 g/mol. The molecule has 0 bridgehead atoms. The standard InChI is InChI=1S/C20H23N5O2/c1-27-17-6-4-5-16(13-17)14-23-9-11-24(12-10-23)20(26)15-25-19-8-3-2-7-18(19)21-22-25/h2-8,13H,9-12,14-15H2,1H3. The molecule has 4 rings (SSSR count). The Bertz CT molecular complexity index is 931. The van der Waals surface area contributed by atoms with Crippen LogP contribution in [0.4, 0.5) is 0 Å². The van der Waals surface area contributed by atoms with Crippen molar-refractivity contribution in [3.8, 4) is 5.75 Å². The number of fused-ring (bicyclic) bond motifs is 1. The highest BCUT2D eigenvalue weighted by molar-refractivity contribution is 5.79. The quantitative estimate of drug-likeness (QED) is 0.690. The minimum Gasteiger partial charge on any atom is -0.497 e. The summed E-state index contributed by atoms with van der Waals surface area (Å²) in [5.74, 6) is 0.966. The molecule has 1 fully saturated rings. The Hall–Kier alpha value is -2.93. The highest BCUT2D eigenvalue weighted by Gasteiger charge is 2.22. The molecule has 7 heteroatoms. The average molecular weight is 365 g/mol. The van der Waals surface area contributed by atoms with Crippen molar-refractivity contribution in [1.82, 2.24) is 24.8 Å². The lowest BCUT2D eigenvalue weighted by Crippen LogP contribution is -2.49. The molecule has 3 aromatic rings. The Kier molecular flexibility index (Phi) is 5.02. The highest BCUT2D eigenvalue weighted by atomic mass is 16.5. The summed E-state index contributed by atoms with van der Waals surface area (Å²) in [6, 6.07) is 15.8. The largest absolute Gasteiger partial charge is 0.497 e. The smallest absolute Gasteiger partial charge is 0.244 e. The zero-order chi connectivity index (χ0) is 18.6. The van der Waals surface area contributed by atoms with E-state index in [9.17, 15) is 4.79 Å². The van der Waals surface area contributed by atoms with Crippen LogP contribution in [0.15, 0.2) is 48.5 Å². The molecule has 0 aliphatic carbocycles. The number of methoxy groups -OCH3 is 1. The van der Waals surface area contributed by atoms with Gasteiger partial charge in [-0.3, -0.25) is 9.69 Å². The zero-order valence-electron chi connectivity index (χ0n) is 15.4. The normalized spacial score (nSPS) is 15.2.